The summed E-state index contributed by atoms with van der Waals surface area (Å²) in [5.41, 5.74) is 4.01. The quantitative estimate of drug-likeness (QED) is 0.495. The molecule has 4 nitrogen and oxygen atoms in total. The molecule has 0 atom stereocenters. The highest BCUT2D eigenvalue weighted by atomic mass is 16.5. The van der Waals surface area contributed by atoms with Gasteiger partial charge in [0.05, 0.1) is 12.8 Å². The fourth-order valence-corrected chi connectivity index (χ4v) is 3.39. The average Bonchev–Trinajstić information content (AvgIpc) is 2.71. The van der Waals surface area contributed by atoms with Crippen LogP contribution in [0.1, 0.15) is 27.0 Å². The largest absolute Gasteiger partial charge is 0.497 e. The molecule has 0 radical (unpaired) electrons. The molecule has 1 aliphatic heterocycles. The highest BCUT2D eigenvalue weighted by molar-refractivity contribution is 6.43. The van der Waals surface area contributed by atoms with Crippen LogP contribution >= 0.6 is 0 Å². The Bertz CT molecular complexity index is 1110. The number of anilines is 1. The van der Waals surface area contributed by atoms with E-state index in [2.05, 4.69) is 0 Å². The minimum absolute atomic E-state index is 0.311. The first-order valence-corrected chi connectivity index (χ1v) is 8.99. The molecule has 0 N–H and O–H groups in total. The highest BCUT2D eigenvalue weighted by Gasteiger charge is 2.35. The van der Waals surface area contributed by atoms with E-state index in [1.54, 1.807) is 25.3 Å². The van der Waals surface area contributed by atoms with Gasteiger partial charge in [-0.15, -0.1) is 0 Å². The Balaban J connectivity index is 1.89. The minimum Gasteiger partial charge on any atom is -0.497 e. The molecule has 4 rings (SSSR count). The van der Waals surface area contributed by atoms with E-state index < -0.39 is 0 Å². The Morgan fingerprint density at radius 2 is 1.57 bits per heavy atom. The maximum atomic E-state index is 13.4. The number of aryl methyl sites for hydroxylation is 1. The Kier molecular flexibility index (Phi) is 4.53. The molecule has 3 aromatic carbocycles. The van der Waals surface area contributed by atoms with Crippen LogP contribution in [0.4, 0.5) is 5.69 Å². The predicted octanol–water partition coefficient (Wildman–Crippen LogP) is 4.73. The zero-order chi connectivity index (χ0) is 19.7. The average molecular weight is 369 g/mol. The van der Waals surface area contributed by atoms with Crippen molar-refractivity contribution in [2.45, 2.75) is 6.92 Å². The number of ether oxygens (including phenoxy) is 1. The van der Waals surface area contributed by atoms with Gasteiger partial charge in [0.2, 0.25) is 0 Å². The van der Waals surface area contributed by atoms with E-state index in [4.69, 9.17) is 4.74 Å². The van der Waals surface area contributed by atoms with Crippen LogP contribution in [0.15, 0.2) is 72.8 Å². The van der Waals surface area contributed by atoms with Crippen LogP contribution < -0.4 is 9.64 Å². The molecule has 0 saturated carbocycles. The van der Waals surface area contributed by atoms with Gasteiger partial charge in [-0.05, 0) is 60.0 Å². The summed E-state index contributed by atoms with van der Waals surface area (Å²) in [5.74, 6) is 0.0589. The number of hydrogen-bond donors (Lipinski definition) is 0. The maximum absolute atomic E-state index is 13.4. The van der Waals surface area contributed by atoms with Gasteiger partial charge in [-0.3, -0.25) is 9.59 Å². The number of carbonyl (C=O) groups excluding carboxylic acids is 2. The molecule has 0 unspecified atom stereocenters. The molecule has 4 heteroatoms. The number of hydrogen-bond acceptors (Lipinski definition) is 3. The molecule has 0 spiro atoms. The van der Waals surface area contributed by atoms with E-state index in [1.807, 2.05) is 67.6 Å². The van der Waals surface area contributed by atoms with E-state index in [0.717, 1.165) is 11.1 Å². The minimum atomic E-state index is -0.336. The van der Waals surface area contributed by atoms with Gasteiger partial charge < -0.3 is 4.74 Å². The fourth-order valence-electron chi connectivity index (χ4n) is 3.39. The van der Waals surface area contributed by atoms with Gasteiger partial charge in [0.25, 0.3) is 11.8 Å². The lowest BCUT2D eigenvalue weighted by Gasteiger charge is -2.29. The van der Waals surface area contributed by atoms with Crippen molar-refractivity contribution in [1.82, 2.24) is 0 Å². The molecule has 3 aromatic rings. The van der Waals surface area contributed by atoms with Gasteiger partial charge in [0, 0.05) is 11.1 Å². The van der Waals surface area contributed by atoms with E-state index in [0.29, 0.717) is 28.1 Å². The lowest BCUT2D eigenvalue weighted by molar-refractivity contribution is -0.112. The number of amides is 2. The van der Waals surface area contributed by atoms with Crippen LogP contribution in [0.2, 0.25) is 0 Å². The molecule has 1 aliphatic rings. The van der Waals surface area contributed by atoms with Gasteiger partial charge >= 0.3 is 0 Å². The Morgan fingerprint density at radius 3 is 2.32 bits per heavy atom. The van der Waals surface area contributed by atoms with Gasteiger partial charge in [-0.1, -0.05) is 42.5 Å². The Labute approximate surface area is 163 Å². The molecule has 0 aromatic heterocycles. The van der Waals surface area contributed by atoms with Gasteiger partial charge in [-0.2, -0.15) is 0 Å². The van der Waals surface area contributed by atoms with E-state index in [9.17, 15) is 9.59 Å². The second-order valence-corrected chi connectivity index (χ2v) is 6.66. The second kappa shape index (κ2) is 7.16. The number of imide groups is 1. The molecule has 0 fully saturated rings. The first-order valence-electron chi connectivity index (χ1n) is 8.99. The third kappa shape index (κ3) is 3.09. The van der Waals surface area contributed by atoms with Crippen LogP contribution in [0.5, 0.6) is 5.75 Å². The summed E-state index contributed by atoms with van der Waals surface area (Å²) in [6, 6.07) is 22.1. The molecule has 0 aliphatic carbocycles. The molecule has 0 saturated heterocycles. The van der Waals surface area contributed by atoms with Crippen LogP contribution in [-0.2, 0) is 4.79 Å². The normalized spacial score (nSPS) is 14.9. The summed E-state index contributed by atoms with van der Waals surface area (Å²) in [7, 11) is 1.60. The fraction of sp³-hybridized carbons (Fsp3) is 0.0833. The second-order valence-electron chi connectivity index (χ2n) is 6.66. The smallest absolute Gasteiger partial charge is 0.265 e. The predicted molar refractivity (Wildman–Crippen MR) is 110 cm³/mol. The monoisotopic (exact) mass is 369 g/mol. The third-order valence-corrected chi connectivity index (χ3v) is 4.75. The van der Waals surface area contributed by atoms with Crippen molar-refractivity contribution >= 4 is 29.2 Å². The highest BCUT2D eigenvalue weighted by Crippen LogP contribution is 2.33. The third-order valence-electron chi connectivity index (χ3n) is 4.75. The molecular formula is C24H19NO3. The Hall–Kier alpha value is -3.66. The number of fused-ring (bicyclic) bond motifs is 1. The zero-order valence-corrected chi connectivity index (χ0v) is 15.7. The number of rotatable bonds is 3. The van der Waals surface area contributed by atoms with Crippen LogP contribution in [0.3, 0.4) is 0 Å². The summed E-state index contributed by atoms with van der Waals surface area (Å²) < 4.78 is 5.28. The molecule has 138 valence electrons. The maximum Gasteiger partial charge on any atom is 0.265 e. The van der Waals surface area contributed by atoms with Crippen molar-refractivity contribution in [3.63, 3.8) is 0 Å². The number of benzene rings is 3. The van der Waals surface area contributed by atoms with Crippen molar-refractivity contribution in [3.05, 3.63) is 95.1 Å². The van der Waals surface area contributed by atoms with Crippen molar-refractivity contribution in [2.75, 3.05) is 12.0 Å². The summed E-state index contributed by atoms with van der Waals surface area (Å²) in [4.78, 5) is 27.7. The van der Waals surface area contributed by atoms with Gasteiger partial charge in [0.1, 0.15) is 5.75 Å². The van der Waals surface area contributed by atoms with Crippen molar-refractivity contribution < 1.29 is 14.3 Å². The lowest BCUT2D eigenvalue weighted by Crippen LogP contribution is -2.41. The van der Waals surface area contributed by atoms with Crippen molar-refractivity contribution in [1.29, 1.82) is 0 Å². The van der Waals surface area contributed by atoms with E-state index >= 15 is 0 Å². The number of carbonyl (C=O) groups is 2. The summed E-state index contributed by atoms with van der Waals surface area (Å²) in [6.07, 6.45) is 1.80. The topological polar surface area (TPSA) is 46.6 Å². The number of methoxy groups -OCH3 is 1. The molecule has 2 amide bonds. The first-order chi connectivity index (χ1) is 13.6. The van der Waals surface area contributed by atoms with E-state index in [1.165, 1.54) is 4.90 Å². The first kappa shape index (κ1) is 17.7. The van der Waals surface area contributed by atoms with E-state index in [-0.39, 0.29) is 11.8 Å². The summed E-state index contributed by atoms with van der Waals surface area (Å²) in [6.45, 7) is 1.93. The summed E-state index contributed by atoms with van der Waals surface area (Å²) >= 11 is 0. The summed E-state index contributed by atoms with van der Waals surface area (Å²) in [5, 5.41) is 0. The Morgan fingerprint density at radius 1 is 0.821 bits per heavy atom. The SMILES string of the molecule is COc1cccc(/C=C2/C(=O)N(c3cccc(C)c3)C(=O)c3ccccc32)c1. The van der Waals surface area contributed by atoms with Crippen molar-refractivity contribution in [2.24, 2.45) is 0 Å². The molecule has 0 bridgehead atoms. The zero-order valence-electron chi connectivity index (χ0n) is 15.7. The van der Waals surface area contributed by atoms with Crippen molar-refractivity contribution in [3.8, 4) is 5.75 Å². The van der Waals surface area contributed by atoms with Gasteiger partial charge in [-0.25, -0.2) is 4.90 Å². The molecular weight excluding hydrogens is 350 g/mol. The van der Waals surface area contributed by atoms with Crippen LogP contribution in [0.25, 0.3) is 11.6 Å². The number of nitrogens with zero attached hydrogens (tertiary/aromatic N) is 1. The lowest BCUT2D eigenvalue weighted by atomic mass is 9.91. The molecule has 28 heavy (non-hydrogen) atoms. The van der Waals surface area contributed by atoms with Crippen LogP contribution in [-0.4, -0.2) is 18.9 Å². The van der Waals surface area contributed by atoms with Crippen LogP contribution in [0, 0.1) is 6.92 Å². The molecule has 1 heterocycles. The standard InChI is InChI=1S/C24H19NO3/c1-16-7-5-9-18(13-16)25-23(26)21-12-4-3-11-20(21)22(24(25)27)15-17-8-6-10-19(14-17)28-2/h3-15H,1-2H3/b22-15+. The van der Waals surface area contributed by atoms with Gasteiger partial charge in [0.15, 0.2) is 0 Å².